The summed E-state index contributed by atoms with van der Waals surface area (Å²) in [6.07, 6.45) is 9.94. The lowest BCUT2D eigenvalue weighted by molar-refractivity contribution is 0.166. The first kappa shape index (κ1) is 11.0. The van der Waals surface area contributed by atoms with E-state index in [-0.39, 0.29) is 5.54 Å². The van der Waals surface area contributed by atoms with Crippen LogP contribution in [0.4, 0.5) is 0 Å². The summed E-state index contributed by atoms with van der Waals surface area (Å²) in [5.74, 6) is 0. The van der Waals surface area contributed by atoms with Crippen molar-refractivity contribution in [2.45, 2.75) is 63.8 Å². The topological polar surface area (TPSA) is 26.3 Å². The fraction of sp³-hybridized carbons (Fsp3) is 1.00. The molecule has 13 heavy (non-hydrogen) atoms. The Morgan fingerprint density at radius 3 is 1.69 bits per heavy atom. The molecule has 2 heteroatoms. The lowest BCUT2D eigenvalue weighted by atomic mass is 9.90. The molecule has 1 fully saturated rings. The average molecular weight is 184 g/mol. The van der Waals surface area contributed by atoms with Crippen LogP contribution >= 0.6 is 0 Å². The third-order valence-electron chi connectivity index (χ3n) is 3.44. The summed E-state index contributed by atoms with van der Waals surface area (Å²) in [4.78, 5) is 0. The van der Waals surface area contributed by atoms with E-state index in [0.29, 0.717) is 0 Å². The first-order valence-electron chi connectivity index (χ1n) is 5.56. The van der Waals surface area contributed by atoms with Crippen molar-refractivity contribution in [3.05, 3.63) is 5.21 Å². The summed E-state index contributed by atoms with van der Waals surface area (Å²) < 4.78 is 0. The monoisotopic (exact) mass is 184 g/mol. The van der Waals surface area contributed by atoms with E-state index in [2.05, 4.69) is 6.92 Å². The molecule has 0 amide bonds. The lowest BCUT2D eigenvalue weighted by Crippen LogP contribution is -2.39. The van der Waals surface area contributed by atoms with Crippen molar-refractivity contribution in [3.63, 3.8) is 0 Å². The SMILES string of the molecule is CN([O-])C1(C)CCCCCCCC1. The van der Waals surface area contributed by atoms with Crippen molar-refractivity contribution in [3.8, 4) is 0 Å². The van der Waals surface area contributed by atoms with Gasteiger partial charge >= 0.3 is 0 Å². The Hall–Kier alpha value is -0.0800. The van der Waals surface area contributed by atoms with Gasteiger partial charge in [0.15, 0.2) is 0 Å². The van der Waals surface area contributed by atoms with Crippen molar-refractivity contribution in [2.24, 2.45) is 0 Å². The molecule has 0 atom stereocenters. The summed E-state index contributed by atoms with van der Waals surface area (Å²) in [6.45, 7) is 2.12. The van der Waals surface area contributed by atoms with Crippen molar-refractivity contribution < 1.29 is 0 Å². The summed E-state index contributed by atoms with van der Waals surface area (Å²) in [7, 11) is 1.68. The van der Waals surface area contributed by atoms with Gasteiger partial charge in [0, 0.05) is 5.54 Å². The Morgan fingerprint density at radius 2 is 1.31 bits per heavy atom. The number of hydroxylamine groups is 2. The van der Waals surface area contributed by atoms with Gasteiger partial charge < -0.3 is 10.3 Å². The highest BCUT2D eigenvalue weighted by Crippen LogP contribution is 2.29. The normalized spacial score (nSPS) is 24.9. The van der Waals surface area contributed by atoms with Gasteiger partial charge in [-0.3, -0.25) is 0 Å². The summed E-state index contributed by atoms with van der Waals surface area (Å²) in [6, 6.07) is 0. The Morgan fingerprint density at radius 1 is 0.923 bits per heavy atom. The average Bonchev–Trinajstić information content (AvgIpc) is 2.18. The smallest absolute Gasteiger partial charge is 0.00596 e. The summed E-state index contributed by atoms with van der Waals surface area (Å²) in [5.41, 5.74) is -0.0790. The molecule has 0 aromatic rings. The van der Waals surface area contributed by atoms with E-state index in [9.17, 15) is 5.21 Å². The van der Waals surface area contributed by atoms with Crippen LogP contribution in [0.25, 0.3) is 0 Å². The maximum absolute atomic E-state index is 11.4. The van der Waals surface area contributed by atoms with Crippen molar-refractivity contribution >= 4 is 0 Å². The molecule has 0 spiro atoms. The van der Waals surface area contributed by atoms with Crippen molar-refractivity contribution in [1.29, 1.82) is 0 Å². The predicted octanol–water partition coefficient (Wildman–Crippen LogP) is 3.31. The minimum absolute atomic E-state index is 0.0790. The molecular weight excluding hydrogens is 162 g/mol. The first-order valence-corrected chi connectivity index (χ1v) is 5.56. The number of rotatable bonds is 1. The zero-order valence-corrected chi connectivity index (χ0v) is 9.01. The second-order valence-corrected chi connectivity index (χ2v) is 4.62. The Kier molecular flexibility index (Phi) is 4.20. The molecule has 78 valence electrons. The first-order chi connectivity index (χ1) is 6.15. The zero-order chi connectivity index (χ0) is 9.73. The molecule has 0 aliphatic heterocycles. The fourth-order valence-electron chi connectivity index (χ4n) is 2.16. The van der Waals surface area contributed by atoms with E-state index in [1.807, 2.05) is 0 Å². The third kappa shape index (κ3) is 3.28. The van der Waals surface area contributed by atoms with Crippen LogP contribution in [0.3, 0.4) is 0 Å². The highest BCUT2D eigenvalue weighted by atomic mass is 16.5. The molecule has 0 radical (unpaired) electrons. The number of hydrogen-bond donors (Lipinski definition) is 0. The van der Waals surface area contributed by atoms with Gasteiger partial charge in [-0.1, -0.05) is 38.5 Å². The van der Waals surface area contributed by atoms with E-state index >= 15 is 0 Å². The van der Waals surface area contributed by atoms with Crippen LogP contribution in [0.2, 0.25) is 0 Å². The van der Waals surface area contributed by atoms with E-state index in [0.717, 1.165) is 12.8 Å². The van der Waals surface area contributed by atoms with Gasteiger partial charge in [-0.25, -0.2) is 0 Å². The van der Waals surface area contributed by atoms with E-state index in [4.69, 9.17) is 0 Å². The summed E-state index contributed by atoms with van der Waals surface area (Å²) in [5, 5.41) is 12.6. The van der Waals surface area contributed by atoms with Crippen LogP contribution in [0.1, 0.15) is 58.3 Å². The van der Waals surface area contributed by atoms with Gasteiger partial charge in [-0.2, -0.15) is 0 Å². The molecule has 0 aromatic heterocycles. The Balaban J connectivity index is 2.49. The van der Waals surface area contributed by atoms with Crippen LogP contribution in [0, 0.1) is 5.21 Å². The molecule has 1 rings (SSSR count). The minimum atomic E-state index is -0.0790. The van der Waals surface area contributed by atoms with Gasteiger partial charge in [0.2, 0.25) is 0 Å². The van der Waals surface area contributed by atoms with E-state index < -0.39 is 0 Å². The van der Waals surface area contributed by atoms with Gasteiger partial charge in [-0.15, -0.1) is 0 Å². The maximum atomic E-state index is 11.4. The van der Waals surface area contributed by atoms with Crippen molar-refractivity contribution in [2.75, 3.05) is 7.05 Å². The van der Waals surface area contributed by atoms with Gasteiger partial charge in [0.25, 0.3) is 0 Å². The lowest BCUT2D eigenvalue weighted by Gasteiger charge is -2.44. The second kappa shape index (κ2) is 4.97. The highest BCUT2D eigenvalue weighted by molar-refractivity contribution is 4.85. The standard InChI is InChI=1S/C11H22NO/c1-11(12(2)13)9-7-5-3-4-6-8-10-11/h3-10H2,1-2H3/q-1. The molecule has 1 aliphatic carbocycles. The molecule has 0 N–H and O–H groups in total. The third-order valence-corrected chi connectivity index (χ3v) is 3.44. The molecule has 0 saturated heterocycles. The Labute approximate surface area is 81.9 Å². The van der Waals surface area contributed by atoms with E-state index in [1.165, 1.54) is 43.6 Å². The minimum Gasteiger partial charge on any atom is -0.785 e. The molecule has 0 aromatic carbocycles. The molecule has 0 unspecified atom stereocenters. The van der Waals surface area contributed by atoms with Crippen LogP contribution in [0.15, 0.2) is 0 Å². The number of hydrogen-bond acceptors (Lipinski definition) is 2. The quantitative estimate of drug-likeness (QED) is 0.584. The highest BCUT2D eigenvalue weighted by Gasteiger charge is 2.23. The molecule has 0 heterocycles. The second-order valence-electron chi connectivity index (χ2n) is 4.62. The van der Waals surface area contributed by atoms with E-state index in [1.54, 1.807) is 7.05 Å². The predicted molar refractivity (Wildman–Crippen MR) is 56.5 cm³/mol. The van der Waals surface area contributed by atoms with Crippen LogP contribution in [-0.2, 0) is 0 Å². The molecule has 2 nitrogen and oxygen atoms in total. The van der Waals surface area contributed by atoms with Crippen LogP contribution in [-0.4, -0.2) is 17.6 Å². The Bertz CT molecular complexity index is 135. The van der Waals surface area contributed by atoms with Crippen LogP contribution < -0.4 is 0 Å². The number of nitrogens with zero attached hydrogens (tertiary/aromatic N) is 1. The largest absolute Gasteiger partial charge is 0.785 e. The van der Waals surface area contributed by atoms with Gasteiger partial charge in [0.05, 0.1) is 0 Å². The van der Waals surface area contributed by atoms with Gasteiger partial charge in [-0.05, 0) is 26.8 Å². The molecule has 1 saturated carbocycles. The van der Waals surface area contributed by atoms with Crippen molar-refractivity contribution in [1.82, 2.24) is 5.06 Å². The summed E-state index contributed by atoms with van der Waals surface area (Å²) >= 11 is 0. The van der Waals surface area contributed by atoms with Crippen LogP contribution in [0.5, 0.6) is 0 Å². The maximum Gasteiger partial charge on any atom is 0.00596 e. The zero-order valence-electron chi connectivity index (χ0n) is 9.01. The molecule has 1 aliphatic rings. The molecule has 0 bridgehead atoms. The molecular formula is C11H22NO-. The fourth-order valence-corrected chi connectivity index (χ4v) is 2.16. The van der Waals surface area contributed by atoms with Gasteiger partial charge in [0.1, 0.15) is 0 Å².